The molecule has 0 aliphatic rings. The molecule has 1 heterocycles. The van der Waals surface area contributed by atoms with Gasteiger partial charge in [-0.15, -0.1) is 0 Å². The summed E-state index contributed by atoms with van der Waals surface area (Å²) >= 11 is 6.66. The number of aromatic nitrogens is 1. The highest BCUT2D eigenvalue weighted by Gasteiger charge is 2.02. The number of phenolic OH excluding ortho intramolecular Hbond substituents is 1. The molecule has 1 aromatic heterocycles. The molecule has 0 fully saturated rings. The van der Waals surface area contributed by atoms with E-state index in [-0.39, 0.29) is 5.75 Å². The van der Waals surface area contributed by atoms with Crippen molar-refractivity contribution in [2.24, 2.45) is 0 Å². The van der Waals surface area contributed by atoms with Crippen molar-refractivity contribution in [1.29, 1.82) is 0 Å². The maximum atomic E-state index is 9.33. The molecule has 66 valence electrons. The van der Waals surface area contributed by atoms with Gasteiger partial charge >= 0.3 is 0 Å². The van der Waals surface area contributed by atoms with Crippen molar-refractivity contribution in [2.75, 3.05) is 0 Å². The number of pyridine rings is 1. The van der Waals surface area contributed by atoms with Gasteiger partial charge in [-0.3, -0.25) is 4.98 Å². The Morgan fingerprint density at radius 3 is 2.69 bits per heavy atom. The van der Waals surface area contributed by atoms with E-state index in [9.17, 15) is 5.11 Å². The summed E-state index contributed by atoms with van der Waals surface area (Å²) in [6.45, 7) is 0. The molecule has 0 aliphatic carbocycles. The molecule has 0 saturated heterocycles. The average molecular weight is 303 g/mol. The zero-order valence-electron chi connectivity index (χ0n) is 6.46. The molecule has 0 unspecified atom stereocenters. The van der Waals surface area contributed by atoms with E-state index in [1.807, 2.05) is 6.07 Å². The summed E-state index contributed by atoms with van der Waals surface area (Å²) in [4.78, 5) is 4.22. The Kier molecular flexibility index (Phi) is 2.26. The van der Waals surface area contributed by atoms with Gasteiger partial charge in [-0.05, 0) is 50.1 Å². The van der Waals surface area contributed by atoms with Gasteiger partial charge in [0, 0.05) is 20.5 Å². The van der Waals surface area contributed by atoms with Gasteiger partial charge in [0.2, 0.25) is 0 Å². The zero-order chi connectivity index (χ0) is 9.42. The quantitative estimate of drug-likeness (QED) is 0.808. The normalized spacial score (nSPS) is 10.6. The molecule has 0 amide bonds. The number of benzene rings is 1. The van der Waals surface area contributed by atoms with Crippen LogP contribution in [0.4, 0.5) is 0 Å². The maximum Gasteiger partial charge on any atom is 0.117 e. The topological polar surface area (TPSA) is 33.1 Å². The van der Waals surface area contributed by atoms with E-state index >= 15 is 0 Å². The summed E-state index contributed by atoms with van der Waals surface area (Å²) < 4.78 is 1.70. The Morgan fingerprint density at radius 2 is 1.92 bits per heavy atom. The minimum absolute atomic E-state index is 0.235. The molecule has 4 heteroatoms. The number of fused-ring (bicyclic) bond motifs is 1. The first kappa shape index (κ1) is 8.97. The predicted octanol–water partition coefficient (Wildman–Crippen LogP) is 3.47. The summed E-state index contributed by atoms with van der Waals surface area (Å²) in [5.74, 6) is 0.235. The number of nitrogens with zero attached hydrogens (tertiary/aromatic N) is 1. The molecule has 2 aromatic rings. The number of hydrogen-bond donors (Lipinski definition) is 1. The third-order valence-electron chi connectivity index (χ3n) is 1.69. The van der Waals surface area contributed by atoms with Gasteiger partial charge in [-0.25, -0.2) is 0 Å². The highest BCUT2D eigenvalue weighted by Crippen LogP contribution is 2.28. The second kappa shape index (κ2) is 3.27. The fraction of sp³-hybridized carbons (Fsp3) is 0. The van der Waals surface area contributed by atoms with Crippen LogP contribution < -0.4 is 0 Å². The Hall–Kier alpha value is -0.610. The van der Waals surface area contributed by atoms with E-state index in [4.69, 9.17) is 0 Å². The van der Waals surface area contributed by atoms with Gasteiger partial charge in [0.1, 0.15) is 5.75 Å². The minimum atomic E-state index is 0.235. The lowest BCUT2D eigenvalue weighted by atomic mass is 10.2. The lowest BCUT2D eigenvalue weighted by Crippen LogP contribution is -1.80. The van der Waals surface area contributed by atoms with Crippen molar-refractivity contribution in [1.82, 2.24) is 4.98 Å². The second-order valence-electron chi connectivity index (χ2n) is 2.65. The molecule has 0 aliphatic heterocycles. The summed E-state index contributed by atoms with van der Waals surface area (Å²) in [6, 6.07) is 5.22. The Bertz CT molecular complexity index is 465. The van der Waals surface area contributed by atoms with Crippen LogP contribution in [0.3, 0.4) is 0 Å². The molecule has 2 nitrogen and oxygen atoms in total. The molecular formula is C9H5Br2NO. The number of hydrogen-bond acceptors (Lipinski definition) is 2. The second-order valence-corrected chi connectivity index (χ2v) is 4.42. The van der Waals surface area contributed by atoms with Crippen molar-refractivity contribution in [3.63, 3.8) is 0 Å². The van der Waals surface area contributed by atoms with Crippen molar-refractivity contribution in [2.45, 2.75) is 0 Å². The lowest BCUT2D eigenvalue weighted by Gasteiger charge is -2.01. The number of halogens is 2. The SMILES string of the molecule is Oc1cc(Br)c2ncc(Br)cc2c1. The van der Waals surface area contributed by atoms with E-state index in [1.165, 1.54) is 0 Å². The van der Waals surface area contributed by atoms with E-state index < -0.39 is 0 Å². The van der Waals surface area contributed by atoms with Crippen molar-refractivity contribution in [3.05, 3.63) is 33.3 Å². The molecule has 0 radical (unpaired) electrons. The first-order valence-corrected chi connectivity index (χ1v) is 5.19. The van der Waals surface area contributed by atoms with Crippen LogP contribution in [0.25, 0.3) is 10.9 Å². The number of aromatic hydroxyl groups is 1. The summed E-state index contributed by atoms with van der Waals surface area (Å²) in [5, 5.41) is 10.2. The molecule has 1 N–H and O–H groups in total. The minimum Gasteiger partial charge on any atom is -0.508 e. The molecule has 0 spiro atoms. The van der Waals surface area contributed by atoms with Crippen LogP contribution in [0, 0.1) is 0 Å². The summed E-state index contributed by atoms with van der Waals surface area (Å²) in [5.41, 5.74) is 0.848. The summed E-state index contributed by atoms with van der Waals surface area (Å²) in [6.07, 6.45) is 1.73. The van der Waals surface area contributed by atoms with E-state index in [2.05, 4.69) is 36.8 Å². The zero-order valence-corrected chi connectivity index (χ0v) is 9.63. The standard InChI is InChI=1S/C9H5Br2NO/c10-6-1-5-2-7(13)3-8(11)9(5)12-4-6/h1-4,13H. The van der Waals surface area contributed by atoms with Crippen LogP contribution in [0.5, 0.6) is 5.75 Å². The average Bonchev–Trinajstić information content (AvgIpc) is 2.02. The Morgan fingerprint density at radius 1 is 1.15 bits per heavy atom. The van der Waals surface area contributed by atoms with Crippen LogP contribution in [-0.4, -0.2) is 10.1 Å². The highest BCUT2D eigenvalue weighted by molar-refractivity contribution is 9.11. The van der Waals surface area contributed by atoms with Gasteiger partial charge in [0.15, 0.2) is 0 Å². The molecule has 13 heavy (non-hydrogen) atoms. The predicted molar refractivity (Wildman–Crippen MR) is 58.8 cm³/mol. The largest absolute Gasteiger partial charge is 0.508 e. The van der Waals surface area contributed by atoms with Crippen LogP contribution >= 0.6 is 31.9 Å². The fourth-order valence-electron chi connectivity index (χ4n) is 1.16. The van der Waals surface area contributed by atoms with Gasteiger partial charge in [-0.1, -0.05) is 0 Å². The van der Waals surface area contributed by atoms with Gasteiger partial charge in [0.05, 0.1) is 5.52 Å². The van der Waals surface area contributed by atoms with E-state index in [1.54, 1.807) is 18.3 Å². The molecule has 1 aromatic carbocycles. The maximum absolute atomic E-state index is 9.33. The third-order valence-corrected chi connectivity index (χ3v) is 2.73. The van der Waals surface area contributed by atoms with Crippen molar-refractivity contribution >= 4 is 42.8 Å². The molecule has 0 saturated carbocycles. The lowest BCUT2D eigenvalue weighted by molar-refractivity contribution is 0.476. The third kappa shape index (κ3) is 1.69. The first-order chi connectivity index (χ1) is 6.16. The molecular weight excluding hydrogens is 298 g/mol. The van der Waals surface area contributed by atoms with Crippen molar-refractivity contribution < 1.29 is 5.11 Å². The van der Waals surface area contributed by atoms with Crippen LogP contribution in [-0.2, 0) is 0 Å². The Balaban J connectivity index is 2.86. The fourth-order valence-corrected chi connectivity index (χ4v) is 2.08. The van der Waals surface area contributed by atoms with E-state index in [0.29, 0.717) is 0 Å². The van der Waals surface area contributed by atoms with E-state index in [0.717, 1.165) is 19.8 Å². The smallest absolute Gasteiger partial charge is 0.117 e. The number of phenols is 1. The molecule has 0 bridgehead atoms. The Labute approximate surface area is 91.9 Å². The molecule has 0 atom stereocenters. The van der Waals surface area contributed by atoms with Crippen LogP contribution in [0.2, 0.25) is 0 Å². The van der Waals surface area contributed by atoms with Crippen molar-refractivity contribution in [3.8, 4) is 5.75 Å². The first-order valence-electron chi connectivity index (χ1n) is 3.60. The van der Waals surface area contributed by atoms with Gasteiger partial charge < -0.3 is 5.11 Å². The van der Waals surface area contributed by atoms with Gasteiger partial charge in [-0.2, -0.15) is 0 Å². The van der Waals surface area contributed by atoms with Crippen LogP contribution in [0.1, 0.15) is 0 Å². The molecule has 2 rings (SSSR count). The highest BCUT2D eigenvalue weighted by atomic mass is 79.9. The van der Waals surface area contributed by atoms with Gasteiger partial charge in [0.25, 0.3) is 0 Å². The monoisotopic (exact) mass is 301 g/mol. The van der Waals surface area contributed by atoms with Crippen LogP contribution in [0.15, 0.2) is 33.3 Å². The number of rotatable bonds is 0. The summed E-state index contributed by atoms with van der Waals surface area (Å²) in [7, 11) is 0.